The monoisotopic (exact) mass is 329 g/mol. The van der Waals surface area contributed by atoms with Crippen LogP contribution in [0.4, 0.5) is 19.1 Å². The number of anilines is 1. The van der Waals surface area contributed by atoms with E-state index < -0.39 is 5.51 Å². The summed E-state index contributed by atoms with van der Waals surface area (Å²) in [4.78, 5) is 4.04. The zero-order valence-corrected chi connectivity index (χ0v) is 11.7. The molecule has 0 saturated heterocycles. The van der Waals surface area contributed by atoms with Crippen LogP contribution >= 0.6 is 35.0 Å². The van der Waals surface area contributed by atoms with Gasteiger partial charge in [-0.1, -0.05) is 23.2 Å². The van der Waals surface area contributed by atoms with Gasteiger partial charge < -0.3 is 10.3 Å². The first-order valence-corrected chi connectivity index (χ1v) is 6.83. The molecular weight excluding hydrogens is 322 g/mol. The Morgan fingerprint density at radius 1 is 1.26 bits per heavy atom. The summed E-state index contributed by atoms with van der Waals surface area (Å²) in [5.41, 5.74) is 2.49. The Kier molecular flexibility index (Phi) is 4.08. The molecule has 1 aromatic carbocycles. The van der Waals surface area contributed by atoms with Crippen LogP contribution in [-0.2, 0) is 6.54 Å². The summed E-state index contributed by atoms with van der Waals surface area (Å²) < 4.78 is 37.7. The smallest absolute Gasteiger partial charge is 0.369 e. The number of hydrogen-bond acceptors (Lipinski definition) is 3. The third-order valence-corrected chi connectivity index (χ3v) is 3.84. The molecule has 0 bridgehead atoms. The molecule has 0 amide bonds. The molecule has 1 heterocycles. The average Bonchev–Trinajstić information content (AvgIpc) is 2.55. The largest absolute Gasteiger partial charge is 0.441 e. The van der Waals surface area contributed by atoms with Crippen LogP contribution in [0.3, 0.4) is 0 Å². The van der Waals surface area contributed by atoms with Crippen molar-refractivity contribution in [1.82, 2.24) is 9.55 Å². The minimum Gasteiger partial charge on any atom is -0.369 e. The SMILES string of the molecule is Nc1nc2cc(Cl)c(Cl)cc2n1CCSC(F)(F)F. The molecule has 2 rings (SSSR count). The summed E-state index contributed by atoms with van der Waals surface area (Å²) in [6.07, 6.45) is 0. The lowest BCUT2D eigenvalue weighted by atomic mass is 10.3. The minimum atomic E-state index is -4.26. The second-order valence-electron chi connectivity index (χ2n) is 3.67. The Morgan fingerprint density at radius 3 is 2.53 bits per heavy atom. The van der Waals surface area contributed by atoms with E-state index in [9.17, 15) is 13.2 Å². The fourth-order valence-corrected chi connectivity index (χ4v) is 2.45. The van der Waals surface area contributed by atoms with Gasteiger partial charge in [-0.25, -0.2) is 4.98 Å². The fraction of sp³-hybridized carbons (Fsp3) is 0.300. The highest BCUT2D eigenvalue weighted by Gasteiger charge is 2.27. The van der Waals surface area contributed by atoms with E-state index in [0.717, 1.165) is 0 Å². The number of imidazole rings is 1. The van der Waals surface area contributed by atoms with E-state index in [1.807, 2.05) is 0 Å². The van der Waals surface area contributed by atoms with Gasteiger partial charge >= 0.3 is 5.51 Å². The molecule has 9 heteroatoms. The molecule has 0 aliphatic heterocycles. The highest BCUT2D eigenvalue weighted by atomic mass is 35.5. The van der Waals surface area contributed by atoms with Gasteiger partial charge in [-0.15, -0.1) is 0 Å². The van der Waals surface area contributed by atoms with Crippen molar-refractivity contribution in [2.75, 3.05) is 11.5 Å². The molecular formula is C10H8Cl2F3N3S. The van der Waals surface area contributed by atoms with Gasteiger partial charge in [0.25, 0.3) is 0 Å². The number of rotatable bonds is 3. The van der Waals surface area contributed by atoms with E-state index in [4.69, 9.17) is 28.9 Å². The van der Waals surface area contributed by atoms with E-state index >= 15 is 0 Å². The summed E-state index contributed by atoms with van der Waals surface area (Å²) in [7, 11) is 0. The Labute approximate surface area is 120 Å². The van der Waals surface area contributed by atoms with Crippen molar-refractivity contribution >= 4 is 51.9 Å². The Morgan fingerprint density at radius 2 is 1.89 bits per heavy atom. The Bertz CT molecular complexity index is 612. The first-order valence-electron chi connectivity index (χ1n) is 5.09. The summed E-state index contributed by atoms with van der Waals surface area (Å²) in [5.74, 6) is -0.0181. The van der Waals surface area contributed by atoms with Gasteiger partial charge in [0.2, 0.25) is 5.95 Å². The number of benzene rings is 1. The van der Waals surface area contributed by atoms with E-state index in [2.05, 4.69) is 4.98 Å². The number of nitrogens with two attached hydrogens (primary N) is 1. The third-order valence-electron chi connectivity index (χ3n) is 2.40. The number of nitrogen functional groups attached to an aromatic ring is 1. The first-order chi connectivity index (χ1) is 8.78. The van der Waals surface area contributed by atoms with Gasteiger partial charge in [0.15, 0.2) is 0 Å². The lowest BCUT2D eigenvalue weighted by Gasteiger charge is -2.08. The third kappa shape index (κ3) is 3.40. The Balaban J connectivity index is 2.27. The molecule has 0 unspecified atom stereocenters. The van der Waals surface area contributed by atoms with E-state index in [-0.39, 0.29) is 30.0 Å². The number of hydrogen-bond donors (Lipinski definition) is 1. The maximum absolute atomic E-state index is 12.1. The average molecular weight is 330 g/mol. The van der Waals surface area contributed by atoms with Crippen molar-refractivity contribution in [3.05, 3.63) is 22.2 Å². The molecule has 0 spiro atoms. The molecule has 0 radical (unpaired) electrons. The molecule has 0 fully saturated rings. The predicted octanol–water partition coefficient (Wildman–Crippen LogP) is 4.18. The van der Waals surface area contributed by atoms with Crippen molar-refractivity contribution in [2.45, 2.75) is 12.1 Å². The molecule has 2 aromatic rings. The normalized spacial score (nSPS) is 12.3. The van der Waals surface area contributed by atoms with Crippen LogP contribution < -0.4 is 5.73 Å². The van der Waals surface area contributed by atoms with Crippen LogP contribution in [0.5, 0.6) is 0 Å². The van der Waals surface area contributed by atoms with Crippen LogP contribution in [0.2, 0.25) is 10.0 Å². The predicted molar refractivity (Wildman–Crippen MR) is 72.7 cm³/mol. The van der Waals surface area contributed by atoms with Crippen molar-refractivity contribution < 1.29 is 13.2 Å². The summed E-state index contributed by atoms with van der Waals surface area (Å²) in [6, 6.07) is 3.07. The molecule has 3 nitrogen and oxygen atoms in total. The van der Waals surface area contributed by atoms with E-state index in [1.54, 1.807) is 6.07 Å². The van der Waals surface area contributed by atoms with Crippen LogP contribution in [-0.4, -0.2) is 20.8 Å². The van der Waals surface area contributed by atoms with Crippen molar-refractivity contribution in [1.29, 1.82) is 0 Å². The Hall–Kier alpha value is -0.790. The second kappa shape index (κ2) is 5.30. The minimum absolute atomic E-state index is 0.0878. The van der Waals surface area contributed by atoms with E-state index in [1.165, 1.54) is 10.6 Å². The standard InChI is InChI=1S/C10H8Cl2F3N3S/c11-5-3-7-8(4-6(5)12)18(9(16)17-7)1-2-19-10(13,14)15/h3-4H,1-2H2,(H2,16,17). The van der Waals surface area contributed by atoms with Gasteiger partial charge in [0, 0.05) is 12.3 Å². The van der Waals surface area contributed by atoms with Crippen molar-refractivity contribution in [3.8, 4) is 0 Å². The number of nitrogens with zero attached hydrogens (tertiary/aromatic N) is 2. The maximum Gasteiger partial charge on any atom is 0.441 e. The molecule has 19 heavy (non-hydrogen) atoms. The van der Waals surface area contributed by atoms with Gasteiger partial charge in [-0.05, 0) is 23.9 Å². The number of thioether (sulfide) groups is 1. The lowest BCUT2D eigenvalue weighted by Crippen LogP contribution is -2.09. The van der Waals surface area contributed by atoms with Crippen LogP contribution in [0.1, 0.15) is 0 Å². The number of aryl methyl sites for hydroxylation is 1. The number of halogens is 5. The quantitative estimate of drug-likeness (QED) is 0.918. The number of aromatic nitrogens is 2. The lowest BCUT2D eigenvalue weighted by molar-refractivity contribution is -0.0328. The molecule has 0 aliphatic carbocycles. The van der Waals surface area contributed by atoms with Gasteiger partial charge in [0.05, 0.1) is 21.1 Å². The van der Waals surface area contributed by atoms with E-state index in [0.29, 0.717) is 21.1 Å². The van der Waals surface area contributed by atoms with Gasteiger partial charge in [-0.3, -0.25) is 0 Å². The number of fused-ring (bicyclic) bond motifs is 1. The molecule has 2 N–H and O–H groups in total. The zero-order chi connectivity index (χ0) is 14.2. The van der Waals surface area contributed by atoms with Crippen molar-refractivity contribution in [2.24, 2.45) is 0 Å². The van der Waals surface area contributed by atoms with Crippen LogP contribution in [0.25, 0.3) is 11.0 Å². The van der Waals surface area contributed by atoms with Crippen LogP contribution in [0.15, 0.2) is 12.1 Å². The summed E-state index contributed by atoms with van der Waals surface area (Å²) in [5, 5.41) is 0.627. The first kappa shape index (κ1) is 14.6. The molecule has 1 aromatic heterocycles. The van der Waals surface area contributed by atoms with Gasteiger partial charge in [-0.2, -0.15) is 13.2 Å². The van der Waals surface area contributed by atoms with Crippen LogP contribution in [0, 0.1) is 0 Å². The number of alkyl halides is 3. The topological polar surface area (TPSA) is 43.8 Å². The van der Waals surface area contributed by atoms with Crippen molar-refractivity contribution in [3.63, 3.8) is 0 Å². The zero-order valence-electron chi connectivity index (χ0n) is 9.34. The second-order valence-corrected chi connectivity index (χ2v) is 5.65. The molecule has 0 atom stereocenters. The highest BCUT2D eigenvalue weighted by molar-refractivity contribution is 8.00. The molecule has 104 valence electrons. The van der Waals surface area contributed by atoms with Gasteiger partial charge in [0.1, 0.15) is 0 Å². The highest BCUT2D eigenvalue weighted by Crippen LogP contribution is 2.32. The fourth-order valence-electron chi connectivity index (χ4n) is 1.63. The molecule has 0 aliphatic rings. The summed E-state index contributed by atoms with van der Waals surface area (Å²) >= 11 is 11.6. The molecule has 0 saturated carbocycles. The summed E-state index contributed by atoms with van der Waals surface area (Å²) in [6.45, 7) is 0.0878. The maximum atomic E-state index is 12.1.